The van der Waals surface area contributed by atoms with E-state index in [1.54, 1.807) is 13.0 Å². The molecule has 1 aromatic heterocycles. The summed E-state index contributed by atoms with van der Waals surface area (Å²) in [6.07, 6.45) is -2.26. The average molecular weight is 255 g/mol. The van der Waals surface area contributed by atoms with Gasteiger partial charge in [-0.15, -0.1) is 0 Å². The number of halogens is 2. The number of nitrogens with zero attached hydrogens (tertiary/aromatic N) is 2. The van der Waals surface area contributed by atoms with E-state index in [-0.39, 0.29) is 23.6 Å². The third kappa shape index (κ3) is 2.91. The van der Waals surface area contributed by atoms with E-state index in [0.717, 1.165) is 6.20 Å². The van der Waals surface area contributed by atoms with Crippen LogP contribution in [-0.4, -0.2) is 17.6 Å². The standard InChI is InChI=1S/C11H11F2N3O2/c1-2-18-9(17)3-8-10(11(12)13)6(4-14)7(15)5-16-8/h5,11H,2-3,15H2,1H3. The van der Waals surface area contributed by atoms with Crippen molar-refractivity contribution in [3.05, 3.63) is 23.0 Å². The minimum atomic E-state index is -2.93. The summed E-state index contributed by atoms with van der Waals surface area (Å²) in [7, 11) is 0. The number of ether oxygens (including phenoxy) is 1. The van der Waals surface area contributed by atoms with Crippen molar-refractivity contribution < 1.29 is 18.3 Å². The van der Waals surface area contributed by atoms with E-state index in [2.05, 4.69) is 9.72 Å². The molecule has 0 spiro atoms. The van der Waals surface area contributed by atoms with Gasteiger partial charge in [-0.3, -0.25) is 9.78 Å². The van der Waals surface area contributed by atoms with Crippen LogP contribution < -0.4 is 5.73 Å². The third-order valence-electron chi connectivity index (χ3n) is 2.18. The van der Waals surface area contributed by atoms with Gasteiger partial charge in [-0.05, 0) is 6.92 Å². The van der Waals surface area contributed by atoms with Crippen LogP contribution in [0.4, 0.5) is 14.5 Å². The number of rotatable bonds is 4. The molecule has 0 radical (unpaired) electrons. The number of aromatic nitrogens is 1. The van der Waals surface area contributed by atoms with Crippen LogP contribution in [0, 0.1) is 11.3 Å². The number of hydrogen-bond acceptors (Lipinski definition) is 5. The Bertz CT molecular complexity index is 498. The van der Waals surface area contributed by atoms with Crippen molar-refractivity contribution in [3.8, 4) is 6.07 Å². The predicted octanol–water partition coefficient (Wildman–Crippen LogP) is 1.58. The molecule has 1 rings (SSSR count). The summed E-state index contributed by atoms with van der Waals surface area (Å²) in [5.74, 6) is -0.680. The quantitative estimate of drug-likeness (QED) is 0.825. The first-order valence-corrected chi connectivity index (χ1v) is 5.12. The second kappa shape index (κ2) is 5.91. The van der Waals surface area contributed by atoms with Crippen molar-refractivity contribution in [2.75, 3.05) is 12.3 Å². The van der Waals surface area contributed by atoms with Gasteiger partial charge in [0.15, 0.2) is 0 Å². The zero-order chi connectivity index (χ0) is 13.7. The predicted molar refractivity (Wildman–Crippen MR) is 58.7 cm³/mol. The Morgan fingerprint density at radius 1 is 1.67 bits per heavy atom. The van der Waals surface area contributed by atoms with Gasteiger partial charge in [0.1, 0.15) is 6.07 Å². The summed E-state index contributed by atoms with van der Waals surface area (Å²) in [5, 5.41) is 8.80. The zero-order valence-corrected chi connectivity index (χ0v) is 9.61. The number of esters is 1. The molecular weight excluding hydrogens is 244 g/mol. The molecule has 1 aromatic rings. The van der Waals surface area contributed by atoms with E-state index in [1.165, 1.54) is 0 Å². The number of nitriles is 1. The first kappa shape index (κ1) is 13.8. The largest absolute Gasteiger partial charge is 0.466 e. The van der Waals surface area contributed by atoms with Crippen molar-refractivity contribution in [2.24, 2.45) is 0 Å². The highest BCUT2D eigenvalue weighted by Gasteiger charge is 2.23. The highest BCUT2D eigenvalue weighted by molar-refractivity contribution is 5.73. The molecular formula is C11H11F2N3O2. The van der Waals surface area contributed by atoms with E-state index in [0.29, 0.717) is 0 Å². The summed E-state index contributed by atoms with van der Waals surface area (Å²) in [6, 6.07) is 1.59. The molecule has 0 aliphatic heterocycles. The fraction of sp³-hybridized carbons (Fsp3) is 0.364. The molecule has 0 fully saturated rings. The van der Waals surface area contributed by atoms with Gasteiger partial charge in [0.25, 0.3) is 6.43 Å². The minimum absolute atomic E-state index is 0.139. The molecule has 2 N–H and O–H groups in total. The van der Waals surface area contributed by atoms with Crippen LogP contribution >= 0.6 is 0 Å². The fourth-order valence-electron chi connectivity index (χ4n) is 1.43. The topological polar surface area (TPSA) is 89.0 Å². The third-order valence-corrected chi connectivity index (χ3v) is 2.18. The number of anilines is 1. The molecule has 96 valence electrons. The lowest BCUT2D eigenvalue weighted by Crippen LogP contribution is -2.13. The molecule has 7 heteroatoms. The summed E-state index contributed by atoms with van der Waals surface area (Å²) in [6.45, 7) is 1.74. The second-order valence-electron chi connectivity index (χ2n) is 3.34. The molecule has 0 aromatic carbocycles. The van der Waals surface area contributed by atoms with Gasteiger partial charge in [-0.25, -0.2) is 8.78 Å². The molecule has 1 heterocycles. The van der Waals surface area contributed by atoms with Gasteiger partial charge in [0, 0.05) is 0 Å². The number of hydrogen-bond donors (Lipinski definition) is 1. The van der Waals surface area contributed by atoms with Gasteiger partial charge >= 0.3 is 5.97 Å². The lowest BCUT2D eigenvalue weighted by Gasteiger charge is -2.10. The SMILES string of the molecule is CCOC(=O)Cc1ncc(N)c(C#N)c1C(F)F. The summed E-state index contributed by atoms with van der Waals surface area (Å²) in [4.78, 5) is 14.9. The van der Waals surface area contributed by atoms with Gasteiger partial charge in [0.2, 0.25) is 0 Å². The van der Waals surface area contributed by atoms with Gasteiger partial charge in [0.05, 0.1) is 41.7 Å². The van der Waals surface area contributed by atoms with Gasteiger partial charge < -0.3 is 10.5 Å². The smallest absolute Gasteiger partial charge is 0.311 e. The number of nitrogen functional groups attached to an aromatic ring is 1. The van der Waals surface area contributed by atoms with Crippen molar-refractivity contribution in [1.82, 2.24) is 4.98 Å². The Labute approximate surface area is 102 Å². The molecule has 0 aliphatic rings. The van der Waals surface area contributed by atoms with E-state index >= 15 is 0 Å². The minimum Gasteiger partial charge on any atom is -0.466 e. The molecule has 18 heavy (non-hydrogen) atoms. The maximum atomic E-state index is 12.9. The van der Waals surface area contributed by atoms with Crippen molar-refractivity contribution in [3.63, 3.8) is 0 Å². The van der Waals surface area contributed by atoms with Crippen molar-refractivity contribution >= 4 is 11.7 Å². The van der Waals surface area contributed by atoms with Gasteiger partial charge in [-0.1, -0.05) is 0 Å². The van der Waals surface area contributed by atoms with Crippen LogP contribution in [0.3, 0.4) is 0 Å². The number of carbonyl (C=O) groups is 1. The number of alkyl halides is 2. The average Bonchev–Trinajstić information content (AvgIpc) is 2.30. The Morgan fingerprint density at radius 2 is 2.33 bits per heavy atom. The summed E-state index contributed by atoms with van der Waals surface area (Å²) in [5.41, 5.74) is 4.12. The molecule has 0 saturated carbocycles. The zero-order valence-electron chi connectivity index (χ0n) is 9.61. The summed E-state index contributed by atoms with van der Waals surface area (Å²) >= 11 is 0. The maximum Gasteiger partial charge on any atom is 0.311 e. The highest BCUT2D eigenvalue weighted by atomic mass is 19.3. The van der Waals surface area contributed by atoms with Crippen molar-refractivity contribution in [1.29, 1.82) is 5.26 Å². The first-order chi connectivity index (χ1) is 8.51. The molecule has 0 amide bonds. The molecule has 0 saturated heterocycles. The van der Waals surface area contributed by atoms with Crippen LogP contribution in [0.1, 0.15) is 30.2 Å². The molecule has 5 nitrogen and oxygen atoms in total. The van der Waals surface area contributed by atoms with Gasteiger partial charge in [-0.2, -0.15) is 5.26 Å². The molecule has 0 unspecified atom stereocenters. The Balaban J connectivity index is 3.20. The van der Waals surface area contributed by atoms with Crippen LogP contribution in [0.5, 0.6) is 0 Å². The second-order valence-corrected chi connectivity index (χ2v) is 3.34. The van der Waals surface area contributed by atoms with Crippen LogP contribution in [0.2, 0.25) is 0 Å². The van der Waals surface area contributed by atoms with E-state index in [9.17, 15) is 13.6 Å². The monoisotopic (exact) mass is 255 g/mol. The Hall–Kier alpha value is -2.23. The van der Waals surface area contributed by atoms with Crippen LogP contribution in [0.15, 0.2) is 6.20 Å². The van der Waals surface area contributed by atoms with Crippen molar-refractivity contribution in [2.45, 2.75) is 19.8 Å². The highest BCUT2D eigenvalue weighted by Crippen LogP contribution is 2.29. The number of nitrogens with two attached hydrogens (primary N) is 1. The molecule has 0 bridgehead atoms. The first-order valence-electron chi connectivity index (χ1n) is 5.12. The normalized spacial score (nSPS) is 10.2. The Kier molecular flexibility index (Phi) is 4.54. The number of pyridine rings is 1. The van der Waals surface area contributed by atoms with E-state index < -0.39 is 24.4 Å². The maximum absolute atomic E-state index is 12.9. The fourth-order valence-corrected chi connectivity index (χ4v) is 1.43. The van der Waals surface area contributed by atoms with Crippen LogP contribution in [-0.2, 0) is 16.0 Å². The lowest BCUT2D eigenvalue weighted by molar-refractivity contribution is -0.142. The van der Waals surface area contributed by atoms with E-state index in [4.69, 9.17) is 11.0 Å². The van der Waals surface area contributed by atoms with Crippen LogP contribution in [0.25, 0.3) is 0 Å². The molecule has 0 atom stereocenters. The summed E-state index contributed by atoms with van der Waals surface area (Å²) < 4.78 is 30.4. The Morgan fingerprint density at radius 3 is 2.83 bits per heavy atom. The lowest BCUT2D eigenvalue weighted by atomic mass is 10.0. The van der Waals surface area contributed by atoms with E-state index in [1.807, 2.05) is 0 Å². The number of carbonyl (C=O) groups excluding carboxylic acids is 1. The molecule has 0 aliphatic carbocycles.